The van der Waals surface area contributed by atoms with Gasteiger partial charge in [0.25, 0.3) is 0 Å². The van der Waals surface area contributed by atoms with E-state index in [2.05, 4.69) is 9.72 Å². The maximum atomic E-state index is 13.0. The third-order valence-electron chi connectivity index (χ3n) is 2.97. The number of aromatic nitrogens is 1. The first kappa shape index (κ1) is 15.6. The molecule has 1 aromatic heterocycles. The molecule has 0 aliphatic heterocycles. The van der Waals surface area contributed by atoms with Crippen molar-refractivity contribution < 1.29 is 27.8 Å². The Kier molecular flexibility index (Phi) is 3.94. The van der Waals surface area contributed by atoms with Crippen LogP contribution in [0.25, 0.3) is 11.1 Å². The van der Waals surface area contributed by atoms with Gasteiger partial charge in [-0.1, -0.05) is 6.07 Å². The number of carboxylic acid groups (broad SMARTS) is 1. The van der Waals surface area contributed by atoms with Gasteiger partial charge in [0, 0.05) is 11.8 Å². The minimum Gasteiger partial charge on any atom is -0.496 e. The molecule has 22 heavy (non-hydrogen) atoms. The fraction of sp³-hybridized carbons (Fsp3) is 0.143. The van der Waals surface area contributed by atoms with Gasteiger partial charge in [-0.2, -0.15) is 13.2 Å². The molecule has 0 aliphatic rings. The smallest absolute Gasteiger partial charge is 0.419 e. The molecule has 0 unspecified atom stereocenters. The van der Waals surface area contributed by atoms with Crippen molar-refractivity contribution in [3.05, 3.63) is 41.6 Å². The molecule has 1 aromatic carbocycles. The van der Waals surface area contributed by atoms with Crippen molar-refractivity contribution in [3.63, 3.8) is 0 Å². The number of nitrogen functional groups attached to an aromatic ring is 1. The molecule has 0 fully saturated rings. The summed E-state index contributed by atoms with van der Waals surface area (Å²) in [5.41, 5.74) is 4.27. The van der Waals surface area contributed by atoms with Crippen molar-refractivity contribution in [3.8, 4) is 16.9 Å². The topological polar surface area (TPSA) is 85.4 Å². The zero-order valence-electron chi connectivity index (χ0n) is 11.3. The number of carboxylic acids is 1. The summed E-state index contributed by atoms with van der Waals surface area (Å²) in [4.78, 5) is 15.0. The van der Waals surface area contributed by atoms with Crippen LogP contribution in [0.4, 0.5) is 19.0 Å². The van der Waals surface area contributed by atoms with Crippen LogP contribution in [0.2, 0.25) is 0 Å². The zero-order chi connectivity index (χ0) is 16.5. The number of ether oxygens (including phenoxy) is 1. The van der Waals surface area contributed by atoms with Crippen molar-refractivity contribution >= 4 is 11.8 Å². The van der Waals surface area contributed by atoms with E-state index in [1.165, 1.54) is 6.07 Å². The molecule has 0 radical (unpaired) electrons. The fourth-order valence-electron chi connectivity index (χ4n) is 1.98. The van der Waals surface area contributed by atoms with Crippen LogP contribution in [0.3, 0.4) is 0 Å². The highest BCUT2D eigenvalue weighted by atomic mass is 19.4. The van der Waals surface area contributed by atoms with Gasteiger partial charge in [-0.05, 0) is 23.8 Å². The lowest BCUT2D eigenvalue weighted by Gasteiger charge is -2.14. The van der Waals surface area contributed by atoms with Gasteiger partial charge < -0.3 is 15.6 Å². The highest BCUT2D eigenvalue weighted by Gasteiger charge is 2.34. The Balaban J connectivity index is 2.67. The van der Waals surface area contributed by atoms with Gasteiger partial charge in [0.1, 0.15) is 11.6 Å². The molecule has 2 rings (SSSR count). The third kappa shape index (κ3) is 2.95. The average molecular weight is 312 g/mol. The van der Waals surface area contributed by atoms with E-state index in [1.807, 2.05) is 0 Å². The van der Waals surface area contributed by atoms with Gasteiger partial charge in [-0.3, -0.25) is 0 Å². The molecule has 0 amide bonds. The van der Waals surface area contributed by atoms with Crippen LogP contribution in [-0.2, 0) is 6.18 Å². The van der Waals surface area contributed by atoms with Gasteiger partial charge in [0.05, 0.1) is 18.2 Å². The van der Waals surface area contributed by atoms with E-state index in [0.29, 0.717) is 0 Å². The summed E-state index contributed by atoms with van der Waals surface area (Å²) in [5.74, 6) is -1.70. The van der Waals surface area contributed by atoms with E-state index < -0.39 is 17.7 Å². The Labute approximate surface area is 123 Å². The maximum Gasteiger partial charge on any atom is 0.419 e. The van der Waals surface area contributed by atoms with Crippen LogP contribution in [0.5, 0.6) is 5.75 Å². The van der Waals surface area contributed by atoms with Gasteiger partial charge in [-0.25, -0.2) is 9.78 Å². The number of halogens is 3. The number of rotatable bonds is 3. The number of anilines is 1. The van der Waals surface area contributed by atoms with Crippen LogP contribution in [-0.4, -0.2) is 23.2 Å². The molecule has 5 nitrogen and oxygen atoms in total. The predicted octanol–water partition coefficient (Wildman–Crippen LogP) is 3.06. The third-order valence-corrected chi connectivity index (χ3v) is 2.97. The molecule has 0 saturated heterocycles. The minimum atomic E-state index is -4.63. The Morgan fingerprint density at radius 3 is 2.55 bits per heavy atom. The summed E-state index contributed by atoms with van der Waals surface area (Å²) in [6.45, 7) is 0. The van der Waals surface area contributed by atoms with E-state index in [4.69, 9.17) is 10.8 Å². The number of carbonyl (C=O) groups is 1. The number of hydrogen-bond acceptors (Lipinski definition) is 4. The first-order chi connectivity index (χ1) is 10.2. The van der Waals surface area contributed by atoms with Crippen molar-refractivity contribution in [1.29, 1.82) is 0 Å². The number of nitrogens with zero attached hydrogens (tertiary/aromatic N) is 1. The summed E-state index contributed by atoms with van der Waals surface area (Å²) < 4.78 is 43.8. The van der Waals surface area contributed by atoms with Gasteiger partial charge >= 0.3 is 12.1 Å². The first-order valence-corrected chi connectivity index (χ1v) is 5.98. The van der Waals surface area contributed by atoms with E-state index in [-0.39, 0.29) is 28.3 Å². The second kappa shape index (κ2) is 5.55. The van der Waals surface area contributed by atoms with Crippen LogP contribution >= 0.6 is 0 Å². The van der Waals surface area contributed by atoms with Crippen LogP contribution < -0.4 is 10.5 Å². The number of hydrogen-bond donors (Lipinski definition) is 2. The lowest BCUT2D eigenvalue weighted by atomic mass is 9.99. The lowest BCUT2D eigenvalue weighted by Crippen LogP contribution is -2.08. The van der Waals surface area contributed by atoms with Crippen LogP contribution in [0.1, 0.15) is 15.9 Å². The minimum absolute atomic E-state index is 0.0364. The molecule has 0 saturated carbocycles. The number of pyridine rings is 1. The largest absolute Gasteiger partial charge is 0.496 e. The van der Waals surface area contributed by atoms with E-state index in [1.54, 1.807) is 0 Å². The molecule has 8 heteroatoms. The highest BCUT2D eigenvalue weighted by Crippen LogP contribution is 2.39. The Morgan fingerprint density at radius 2 is 2.00 bits per heavy atom. The summed E-state index contributed by atoms with van der Waals surface area (Å²) in [7, 11) is 1.12. The Hall–Kier alpha value is -2.77. The Bertz CT molecular complexity index is 730. The van der Waals surface area contributed by atoms with Crippen molar-refractivity contribution in [2.45, 2.75) is 6.18 Å². The van der Waals surface area contributed by atoms with Gasteiger partial charge in [-0.15, -0.1) is 0 Å². The number of alkyl halides is 3. The second-order valence-electron chi connectivity index (χ2n) is 4.37. The van der Waals surface area contributed by atoms with Crippen molar-refractivity contribution in [2.24, 2.45) is 0 Å². The molecule has 0 spiro atoms. The normalized spacial score (nSPS) is 11.3. The molecular weight excluding hydrogens is 301 g/mol. The number of aromatic carboxylic acids is 1. The monoisotopic (exact) mass is 312 g/mol. The number of nitrogens with two attached hydrogens (primary N) is 1. The van der Waals surface area contributed by atoms with E-state index >= 15 is 0 Å². The van der Waals surface area contributed by atoms with Crippen LogP contribution in [0.15, 0.2) is 30.5 Å². The summed E-state index contributed by atoms with van der Waals surface area (Å²) >= 11 is 0. The first-order valence-electron chi connectivity index (χ1n) is 5.98. The molecule has 0 atom stereocenters. The van der Waals surface area contributed by atoms with Crippen LogP contribution in [0, 0.1) is 0 Å². The maximum absolute atomic E-state index is 13.0. The second-order valence-corrected chi connectivity index (χ2v) is 4.37. The molecule has 0 aliphatic carbocycles. The number of methoxy groups -OCH3 is 1. The van der Waals surface area contributed by atoms with Crippen molar-refractivity contribution in [2.75, 3.05) is 12.8 Å². The lowest BCUT2D eigenvalue weighted by molar-refractivity contribution is -0.138. The molecule has 2 aromatic rings. The average Bonchev–Trinajstić information content (AvgIpc) is 2.45. The molecule has 116 valence electrons. The van der Waals surface area contributed by atoms with Gasteiger partial charge in [0.2, 0.25) is 0 Å². The number of benzene rings is 1. The summed E-state index contributed by atoms with van der Waals surface area (Å²) in [6.07, 6.45) is -3.51. The summed E-state index contributed by atoms with van der Waals surface area (Å²) in [6, 6.07) is 4.36. The molecule has 1 heterocycles. The molecular formula is C14H11F3N2O3. The SMILES string of the molecule is COc1ccc(-c2cnc(N)cc2C(=O)O)cc1C(F)(F)F. The van der Waals surface area contributed by atoms with E-state index in [9.17, 15) is 18.0 Å². The van der Waals surface area contributed by atoms with E-state index in [0.717, 1.165) is 31.5 Å². The fourth-order valence-corrected chi connectivity index (χ4v) is 1.98. The predicted molar refractivity (Wildman–Crippen MR) is 72.6 cm³/mol. The standard InChI is InChI=1S/C14H11F3N2O3/c1-22-11-3-2-7(4-10(11)14(15,16)17)9-6-19-12(18)5-8(9)13(20)21/h2-6H,1H3,(H2,18,19)(H,20,21). The highest BCUT2D eigenvalue weighted by molar-refractivity contribution is 5.96. The molecule has 3 N–H and O–H groups in total. The van der Waals surface area contributed by atoms with Gasteiger partial charge in [0.15, 0.2) is 0 Å². The Morgan fingerprint density at radius 1 is 1.32 bits per heavy atom. The quantitative estimate of drug-likeness (QED) is 0.910. The molecule has 0 bridgehead atoms. The zero-order valence-corrected chi connectivity index (χ0v) is 11.3. The van der Waals surface area contributed by atoms with Crippen molar-refractivity contribution in [1.82, 2.24) is 4.98 Å². The summed E-state index contributed by atoms with van der Waals surface area (Å²) in [5, 5.41) is 9.15.